The van der Waals surface area contributed by atoms with E-state index in [9.17, 15) is 24.6 Å². The van der Waals surface area contributed by atoms with Crippen molar-refractivity contribution in [3.63, 3.8) is 0 Å². The fraction of sp³-hybridized carbons (Fsp3) is 0.182. The van der Waals surface area contributed by atoms with Gasteiger partial charge in [-0.05, 0) is 17.1 Å². The number of hydrogen-bond donors (Lipinski definition) is 0. The van der Waals surface area contributed by atoms with Crippen molar-refractivity contribution >= 4 is 11.5 Å². The van der Waals surface area contributed by atoms with Crippen molar-refractivity contribution < 1.29 is 14.2 Å². The van der Waals surface area contributed by atoms with Gasteiger partial charge in [0, 0.05) is 18.6 Å². The number of nitro groups is 2. The Kier molecular flexibility index (Phi) is 3.18. The summed E-state index contributed by atoms with van der Waals surface area (Å²) >= 11 is 0. The normalized spacial score (nSPS) is 10.6. The van der Waals surface area contributed by atoms with Gasteiger partial charge in [-0.3, -0.25) is 10.1 Å². The first-order valence-corrected chi connectivity index (χ1v) is 5.45. The van der Waals surface area contributed by atoms with Gasteiger partial charge >= 0.3 is 11.5 Å². The summed E-state index contributed by atoms with van der Waals surface area (Å²) in [7, 11) is 1.46. The van der Waals surface area contributed by atoms with Gasteiger partial charge in [0.15, 0.2) is 11.5 Å². The molecule has 2 rings (SSSR count). The molecule has 1 aromatic carbocycles. The highest BCUT2D eigenvalue weighted by atomic mass is 19.1. The smallest absolute Gasteiger partial charge is 0.350 e. The Balaban J connectivity index is 2.69. The summed E-state index contributed by atoms with van der Waals surface area (Å²) < 4.78 is 14.5. The van der Waals surface area contributed by atoms with Crippen LogP contribution in [-0.2, 0) is 7.05 Å². The highest BCUT2D eigenvalue weighted by molar-refractivity contribution is 5.70. The van der Waals surface area contributed by atoms with Gasteiger partial charge in [-0.15, -0.1) is 0 Å². The number of nitro benzene ring substituents is 1. The van der Waals surface area contributed by atoms with Crippen LogP contribution in [0.15, 0.2) is 18.2 Å². The van der Waals surface area contributed by atoms with E-state index in [0.29, 0.717) is 5.82 Å². The maximum absolute atomic E-state index is 13.3. The summed E-state index contributed by atoms with van der Waals surface area (Å²) in [5.74, 6) is -0.934. The Bertz CT molecular complexity index is 725. The predicted octanol–water partition coefficient (Wildman–Crippen LogP) is 2.35. The van der Waals surface area contributed by atoms with E-state index >= 15 is 0 Å². The molecule has 0 radical (unpaired) electrons. The van der Waals surface area contributed by atoms with E-state index in [1.807, 2.05) is 0 Å². The van der Waals surface area contributed by atoms with Crippen LogP contribution in [0.3, 0.4) is 0 Å². The van der Waals surface area contributed by atoms with Gasteiger partial charge in [-0.1, -0.05) is 0 Å². The van der Waals surface area contributed by atoms with E-state index in [2.05, 4.69) is 4.98 Å². The predicted molar refractivity (Wildman–Crippen MR) is 66.6 cm³/mol. The first-order valence-electron chi connectivity index (χ1n) is 5.45. The summed E-state index contributed by atoms with van der Waals surface area (Å²) in [6.45, 7) is 1.56. The third kappa shape index (κ3) is 2.09. The molecule has 0 spiro atoms. The third-order valence-corrected chi connectivity index (χ3v) is 2.88. The molecular weight excluding hydrogens is 271 g/mol. The van der Waals surface area contributed by atoms with Crippen molar-refractivity contribution in [1.29, 1.82) is 0 Å². The number of aromatic nitrogens is 2. The maximum Gasteiger partial charge on any atom is 0.350 e. The van der Waals surface area contributed by atoms with Gasteiger partial charge in [-0.2, -0.15) is 4.39 Å². The van der Waals surface area contributed by atoms with Gasteiger partial charge in [0.1, 0.15) is 0 Å². The minimum Gasteiger partial charge on any atom is -0.358 e. The second-order valence-corrected chi connectivity index (χ2v) is 4.07. The molecule has 1 aromatic heterocycles. The zero-order valence-corrected chi connectivity index (χ0v) is 10.5. The summed E-state index contributed by atoms with van der Waals surface area (Å²) in [4.78, 5) is 24.2. The fourth-order valence-electron chi connectivity index (χ4n) is 1.80. The molecule has 2 aromatic rings. The lowest BCUT2D eigenvalue weighted by molar-refractivity contribution is -0.391. The summed E-state index contributed by atoms with van der Waals surface area (Å²) in [6, 6.07) is 3.04. The molecule has 20 heavy (non-hydrogen) atoms. The SMILES string of the molecule is Cc1nc(-c2ccc(F)c([N+](=O)[O-])c2)c([N+](=O)[O-])n1C. The van der Waals surface area contributed by atoms with Gasteiger partial charge in [-0.25, -0.2) is 9.55 Å². The lowest BCUT2D eigenvalue weighted by Crippen LogP contribution is -1.99. The summed E-state index contributed by atoms with van der Waals surface area (Å²) in [5.41, 5.74) is -0.660. The molecule has 9 heteroatoms. The quantitative estimate of drug-likeness (QED) is 0.634. The molecule has 8 nitrogen and oxygen atoms in total. The Morgan fingerprint density at radius 1 is 1.25 bits per heavy atom. The number of rotatable bonds is 3. The third-order valence-electron chi connectivity index (χ3n) is 2.88. The average Bonchev–Trinajstić information content (AvgIpc) is 2.66. The second kappa shape index (κ2) is 4.68. The lowest BCUT2D eigenvalue weighted by atomic mass is 10.1. The van der Waals surface area contributed by atoms with Crippen molar-refractivity contribution in [2.75, 3.05) is 0 Å². The first-order chi connectivity index (χ1) is 9.32. The monoisotopic (exact) mass is 280 g/mol. The molecule has 0 amide bonds. The van der Waals surface area contributed by atoms with Crippen LogP contribution in [0.5, 0.6) is 0 Å². The number of nitrogens with zero attached hydrogens (tertiary/aromatic N) is 4. The summed E-state index contributed by atoms with van der Waals surface area (Å²) in [5, 5.41) is 21.8. The number of imidazole rings is 1. The van der Waals surface area contributed by atoms with E-state index in [0.717, 1.165) is 12.1 Å². The zero-order valence-electron chi connectivity index (χ0n) is 10.5. The van der Waals surface area contributed by atoms with E-state index in [1.165, 1.54) is 17.7 Å². The van der Waals surface area contributed by atoms with Crippen LogP contribution in [0.1, 0.15) is 5.82 Å². The minimum absolute atomic E-state index is 0.0295. The van der Waals surface area contributed by atoms with Crippen LogP contribution < -0.4 is 0 Å². The lowest BCUT2D eigenvalue weighted by Gasteiger charge is -2.00. The van der Waals surface area contributed by atoms with E-state index in [-0.39, 0.29) is 17.1 Å². The number of halogens is 1. The molecule has 1 heterocycles. The Labute approximate surface area is 111 Å². The molecular formula is C11H9FN4O4. The summed E-state index contributed by atoms with van der Waals surface area (Å²) in [6.07, 6.45) is 0. The zero-order chi connectivity index (χ0) is 15.0. The highest BCUT2D eigenvalue weighted by Crippen LogP contribution is 2.32. The molecule has 0 saturated heterocycles. The Morgan fingerprint density at radius 2 is 1.90 bits per heavy atom. The van der Waals surface area contributed by atoms with Crippen LogP contribution in [0.4, 0.5) is 15.9 Å². The van der Waals surface area contributed by atoms with Crippen LogP contribution >= 0.6 is 0 Å². The molecule has 0 aliphatic rings. The molecule has 104 valence electrons. The van der Waals surface area contributed by atoms with Crippen LogP contribution in [0.25, 0.3) is 11.3 Å². The number of aryl methyl sites for hydroxylation is 1. The topological polar surface area (TPSA) is 104 Å². The van der Waals surface area contributed by atoms with Crippen LogP contribution in [0.2, 0.25) is 0 Å². The molecule has 0 atom stereocenters. The van der Waals surface area contributed by atoms with Crippen LogP contribution in [-0.4, -0.2) is 19.4 Å². The van der Waals surface area contributed by atoms with E-state index in [1.54, 1.807) is 6.92 Å². The van der Waals surface area contributed by atoms with Crippen molar-refractivity contribution in [2.45, 2.75) is 6.92 Å². The van der Waals surface area contributed by atoms with Gasteiger partial charge in [0.05, 0.1) is 12.0 Å². The second-order valence-electron chi connectivity index (χ2n) is 4.07. The van der Waals surface area contributed by atoms with Crippen molar-refractivity contribution in [3.05, 3.63) is 50.1 Å². The van der Waals surface area contributed by atoms with Gasteiger partial charge < -0.3 is 10.1 Å². The molecule has 0 aliphatic heterocycles. The molecule has 0 bridgehead atoms. The van der Waals surface area contributed by atoms with Gasteiger partial charge in [0.2, 0.25) is 5.82 Å². The number of hydrogen-bond acceptors (Lipinski definition) is 5. The molecule has 0 N–H and O–H groups in total. The standard InChI is InChI=1S/C11H9FN4O4/c1-6-13-10(11(14(6)2)16(19)20)7-3-4-8(12)9(5-7)15(17)18/h3-5H,1-2H3. The first kappa shape index (κ1) is 13.6. The maximum atomic E-state index is 13.3. The molecule has 0 unspecified atom stereocenters. The molecule has 0 saturated carbocycles. The molecule has 0 aliphatic carbocycles. The molecule has 0 fully saturated rings. The van der Waals surface area contributed by atoms with Gasteiger partial charge in [0.25, 0.3) is 0 Å². The van der Waals surface area contributed by atoms with Crippen LogP contribution in [0, 0.1) is 33.0 Å². The average molecular weight is 280 g/mol. The van der Waals surface area contributed by atoms with Crippen molar-refractivity contribution in [3.8, 4) is 11.3 Å². The Hall–Kier alpha value is -2.84. The number of benzene rings is 1. The Morgan fingerprint density at radius 3 is 2.45 bits per heavy atom. The minimum atomic E-state index is -1.01. The van der Waals surface area contributed by atoms with E-state index < -0.39 is 21.4 Å². The van der Waals surface area contributed by atoms with Crippen molar-refractivity contribution in [1.82, 2.24) is 9.55 Å². The largest absolute Gasteiger partial charge is 0.358 e. The van der Waals surface area contributed by atoms with Crippen molar-refractivity contribution in [2.24, 2.45) is 7.05 Å². The fourth-order valence-corrected chi connectivity index (χ4v) is 1.80. The van der Waals surface area contributed by atoms with E-state index in [4.69, 9.17) is 0 Å². The highest BCUT2D eigenvalue weighted by Gasteiger charge is 2.26.